The number of allylic oxidation sites excluding steroid dienone is 1. The van der Waals surface area contributed by atoms with Crippen molar-refractivity contribution in [1.82, 2.24) is 5.32 Å². The second kappa shape index (κ2) is 10.2. The van der Waals surface area contributed by atoms with E-state index in [2.05, 4.69) is 29.4 Å². The zero-order valence-corrected chi connectivity index (χ0v) is 16.2. The molecule has 4 nitrogen and oxygen atoms in total. The largest absolute Gasteiger partial charge is 0.493 e. The monoisotopic (exact) mass is 377 g/mol. The van der Waals surface area contributed by atoms with Gasteiger partial charge in [0.05, 0.1) is 14.2 Å². The first kappa shape index (κ1) is 19.4. The summed E-state index contributed by atoms with van der Waals surface area (Å²) < 4.78 is 10.8. The molecule has 2 aromatic rings. The van der Waals surface area contributed by atoms with Crippen molar-refractivity contribution in [3.05, 3.63) is 58.3 Å². The molecular formula is C19H23NO3S2. The topological polar surface area (TPSA) is 47.6 Å². The maximum atomic E-state index is 12.4. The van der Waals surface area contributed by atoms with Gasteiger partial charge in [0.1, 0.15) is 0 Å². The maximum Gasteiger partial charge on any atom is 0.251 e. The van der Waals surface area contributed by atoms with E-state index < -0.39 is 0 Å². The van der Waals surface area contributed by atoms with Crippen molar-refractivity contribution in [3.8, 4) is 11.5 Å². The molecule has 1 heterocycles. The molecule has 0 aliphatic rings. The Hall–Kier alpha value is -1.92. The molecule has 0 aliphatic carbocycles. The van der Waals surface area contributed by atoms with E-state index >= 15 is 0 Å². The van der Waals surface area contributed by atoms with Gasteiger partial charge in [-0.1, -0.05) is 12.1 Å². The molecule has 1 N–H and O–H groups in total. The predicted molar refractivity (Wildman–Crippen MR) is 106 cm³/mol. The van der Waals surface area contributed by atoms with Crippen molar-refractivity contribution in [2.24, 2.45) is 0 Å². The molecular weight excluding hydrogens is 354 g/mol. The molecule has 6 heteroatoms. The summed E-state index contributed by atoms with van der Waals surface area (Å²) in [5, 5.41) is 5.04. The van der Waals surface area contributed by atoms with Crippen LogP contribution in [-0.4, -0.2) is 32.4 Å². The average molecular weight is 378 g/mol. The Balaban J connectivity index is 1.93. The minimum atomic E-state index is -0.108. The Labute approximate surface area is 157 Å². The summed E-state index contributed by atoms with van der Waals surface area (Å²) in [6.45, 7) is 4.38. The number of rotatable bonds is 10. The molecule has 1 aromatic heterocycles. The summed E-state index contributed by atoms with van der Waals surface area (Å²) in [5.74, 6) is 2.94. The molecule has 1 aromatic carbocycles. The van der Waals surface area contributed by atoms with Crippen molar-refractivity contribution in [2.45, 2.75) is 12.2 Å². The number of benzene rings is 1. The number of methoxy groups -OCH3 is 2. The molecule has 0 aliphatic heterocycles. The highest BCUT2D eigenvalue weighted by atomic mass is 32.2. The van der Waals surface area contributed by atoms with Gasteiger partial charge in [0.2, 0.25) is 0 Å². The number of hydrogen-bond donors (Lipinski definition) is 1. The minimum Gasteiger partial charge on any atom is -0.493 e. The Morgan fingerprint density at radius 2 is 2.20 bits per heavy atom. The van der Waals surface area contributed by atoms with Gasteiger partial charge in [0.15, 0.2) is 11.5 Å². The fourth-order valence-corrected chi connectivity index (χ4v) is 4.09. The van der Waals surface area contributed by atoms with Crippen LogP contribution in [0.2, 0.25) is 0 Å². The first-order chi connectivity index (χ1) is 12.2. The SMILES string of the molecule is C=CCc1cc(C(=O)NCCSCc2cccs2)cc(OC)c1OC. The molecule has 0 saturated carbocycles. The zero-order valence-electron chi connectivity index (χ0n) is 14.5. The van der Waals surface area contributed by atoms with E-state index in [1.165, 1.54) is 4.88 Å². The van der Waals surface area contributed by atoms with E-state index in [4.69, 9.17) is 9.47 Å². The molecule has 25 heavy (non-hydrogen) atoms. The van der Waals surface area contributed by atoms with E-state index in [9.17, 15) is 4.79 Å². The van der Waals surface area contributed by atoms with E-state index in [-0.39, 0.29) is 5.91 Å². The molecule has 134 valence electrons. The molecule has 0 unspecified atom stereocenters. The molecule has 2 rings (SSSR count). The standard InChI is InChI=1S/C19H23NO3S2/c1-4-6-14-11-15(12-17(22-2)18(14)23-3)19(21)20-8-10-24-13-16-7-5-9-25-16/h4-5,7,9,11-12H,1,6,8,10,13H2,2-3H3,(H,20,21). The Kier molecular flexibility index (Phi) is 7.88. The van der Waals surface area contributed by atoms with Crippen molar-refractivity contribution >= 4 is 29.0 Å². The second-order valence-electron chi connectivity index (χ2n) is 5.25. The van der Waals surface area contributed by atoms with Gasteiger partial charge in [-0.3, -0.25) is 4.79 Å². The van der Waals surface area contributed by atoms with Crippen LogP contribution in [0.5, 0.6) is 11.5 Å². The number of nitrogens with one attached hydrogen (secondary N) is 1. The maximum absolute atomic E-state index is 12.4. The fourth-order valence-electron chi connectivity index (χ4n) is 2.39. The lowest BCUT2D eigenvalue weighted by Crippen LogP contribution is -2.26. The lowest BCUT2D eigenvalue weighted by molar-refractivity contribution is 0.0955. The third-order valence-corrected chi connectivity index (χ3v) is 5.61. The molecule has 0 fully saturated rings. The summed E-state index contributed by atoms with van der Waals surface area (Å²) in [6, 6.07) is 7.72. The molecule has 0 atom stereocenters. The Morgan fingerprint density at radius 3 is 2.84 bits per heavy atom. The van der Waals surface area contributed by atoms with Crippen LogP contribution < -0.4 is 14.8 Å². The highest BCUT2D eigenvalue weighted by Crippen LogP contribution is 2.33. The third kappa shape index (κ3) is 5.54. The second-order valence-corrected chi connectivity index (χ2v) is 7.39. The predicted octanol–water partition coefficient (Wildman–Crippen LogP) is 4.16. The lowest BCUT2D eigenvalue weighted by Gasteiger charge is -2.14. The first-order valence-corrected chi connectivity index (χ1v) is 9.97. The number of hydrogen-bond acceptors (Lipinski definition) is 5. The number of ether oxygens (including phenoxy) is 2. The lowest BCUT2D eigenvalue weighted by atomic mass is 10.0. The van der Waals surface area contributed by atoms with E-state index in [1.54, 1.807) is 37.7 Å². The number of carbonyl (C=O) groups is 1. The third-order valence-electron chi connectivity index (χ3n) is 3.54. The van der Waals surface area contributed by atoms with Gasteiger partial charge in [-0.05, 0) is 30.0 Å². The summed E-state index contributed by atoms with van der Waals surface area (Å²) in [7, 11) is 3.16. The van der Waals surface area contributed by atoms with Crippen LogP contribution in [0.4, 0.5) is 0 Å². The molecule has 0 radical (unpaired) electrons. The molecule has 0 bridgehead atoms. The minimum absolute atomic E-state index is 0.108. The van der Waals surface area contributed by atoms with Gasteiger partial charge in [0.25, 0.3) is 5.91 Å². The fraction of sp³-hybridized carbons (Fsp3) is 0.316. The average Bonchev–Trinajstić information content (AvgIpc) is 3.14. The molecule has 0 saturated heterocycles. The number of thiophene rings is 1. The van der Waals surface area contributed by atoms with Crippen molar-refractivity contribution in [3.63, 3.8) is 0 Å². The highest BCUT2D eigenvalue weighted by Gasteiger charge is 2.15. The number of amides is 1. The van der Waals surface area contributed by atoms with E-state index in [0.717, 1.165) is 17.1 Å². The van der Waals surface area contributed by atoms with Crippen LogP contribution in [0.3, 0.4) is 0 Å². The normalized spacial score (nSPS) is 10.3. The molecule has 0 spiro atoms. The molecule has 1 amide bonds. The van der Waals surface area contributed by atoms with E-state index in [0.29, 0.717) is 30.0 Å². The Bertz CT molecular complexity index is 699. The van der Waals surface area contributed by atoms with Gasteiger partial charge in [0, 0.05) is 34.1 Å². The smallest absolute Gasteiger partial charge is 0.251 e. The van der Waals surface area contributed by atoms with Crippen LogP contribution in [0, 0.1) is 0 Å². The van der Waals surface area contributed by atoms with Crippen molar-refractivity contribution in [2.75, 3.05) is 26.5 Å². The van der Waals surface area contributed by atoms with Crippen LogP contribution in [-0.2, 0) is 12.2 Å². The van der Waals surface area contributed by atoms with Gasteiger partial charge < -0.3 is 14.8 Å². The van der Waals surface area contributed by atoms with Gasteiger partial charge in [-0.15, -0.1) is 17.9 Å². The Morgan fingerprint density at radius 1 is 1.36 bits per heavy atom. The summed E-state index contributed by atoms with van der Waals surface area (Å²) in [4.78, 5) is 13.8. The first-order valence-electron chi connectivity index (χ1n) is 7.93. The summed E-state index contributed by atoms with van der Waals surface area (Å²) >= 11 is 3.57. The van der Waals surface area contributed by atoms with Gasteiger partial charge in [-0.2, -0.15) is 11.8 Å². The van der Waals surface area contributed by atoms with E-state index in [1.807, 2.05) is 17.8 Å². The van der Waals surface area contributed by atoms with Gasteiger partial charge >= 0.3 is 0 Å². The highest BCUT2D eigenvalue weighted by molar-refractivity contribution is 7.98. The summed E-state index contributed by atoms with van der Waals surface area (Å²) in [5.41, 5.74) is 1.45. The van der Waals surface area contributed by atoms with Gasteiger partial charge in [-0.25, -0.2) is 0 Å². The van der Waals surface area contributed by atoms with Crippen LogP contribution >= 0.6 is 23.1 Å². The number of thioether (sulfide) groups is 1. The van der Waals surface area contributed by atoms with Crippen molar-refractivity contribution < 1.29 is 14.3 Å². The number of carbonyl (C=O) groups excluding carboxylic acids is 1. The quantitative estimate of drug-likeness (QED) is 0.499. The van der Waals surface area contributed by atoms with Crippen LogP contribution in [0.15, 0.2) is 42.3 Å². The zero-order chi connectivity index (χ0) is 18.1. The summed E-state index contributed by atoms with van der Waals surface area (Å²) in [6.07, 6.45) is 2.39. The van der Waals surface area contributed by atoms with Crippen LogP contribution in [0.25, 0.3) is 0 Å². The van der Waals surface area contributed by atoms with Crippen LogP contribution in [0.1, 0.15) is 20.8 Å². The van der Waals surface area contributed by atoms with Crippen molar-refractivity contribution in [1.29, 1.82) is 0 Å².